The van der Waals surface area contributed by atoms with Gasteiger partial charge in [0, 0.05) is 10.9 Å². The second-order valence-corrected chi connectivity index (χ2v) is 8.74. The molecule has 3 aromatic rings. The number of hydrogen-bond acceptors (Lipinski definition) is 3. The Kier molecular flexibility index (Phi) is 6.14. The van der Waals surface area contributed by atoms with Crippen molar-refractivity contribution in [1.29, 1.82) is 0 Å². The third-order valence-corrected chi connectivity index (χ3v) is 6.61. The van der Waals surface area contributed by atoms with E-state index in [1.54, 1.807) is 0 Å². The zero-order valence-corrected chi connectivity index (χ0v) is 18.4. The number of aromatic nitrogens is 1. The summed E-state index contributed by atoms with van der Waals surface area (Å²) >= 11 is 0. The molecular formula is C25H25F4N3O. The topological polar surface area (TPSA) is 45.2 Å². The van der Waals surface area contributed by atoms with E-state index in [0.29, 0.717) is 6.07 Å². The zero-order chi connectivity index (χ0) is 23.8. The maximum atomic E-state index is 14.0. The van der Waals surface area contributed by atoms with Crippen LogP contribution in [0.4, 0.5) is 17.6 Å². The maximum Gasteiger partial charge on any atom is 0.433 e. The molecule has 0 spiro atoms. The molecule has 4 nitrogen and oxygen atoms in total. The van der Waals surface area contributed by atoms with Crippen LogP contribution in [0.15, 0.2) is 54.6 Å². The minimum absolute atomic E-state index is 0.0395. The van der Waals surface area contributed by atoms with Crippen LogP contribution in [-0.2, 0) is 6.18 Å². The first-order chi connectivity index (χ1) is 15.6. The number of nitrogens with zero attached hydrogens (tertiary/aromatic N) is 2. The van der Waals surface area contributed by atoms with E-state index in [9.17, 15) is 22.4 Å². The van der Waals surface area contributed by atoms with Crippen LogP contribution in [0, 0.1) is 5.82 Å². The fourth-order valence-corrected chi connectivity index (χ4v) is 4.89. The number of likely N-dealkylation sites (N-methyl/N-ethyl adjacent to an activating group) is 1. The van der Waals surface area contributed by atoms with Gasteiger partial charge in [0.05, 0.1) is 17.1 Å². The molecule has 2 aromatic carbocycles. The van der Waals surface area contributed by atoms with Crippen molar-refractivity contribution in [3.05, 3.63) is 77.2 Å². The summed E-state index contributed by atoms with van der Waals surface area (Å²) in [6.07, 6.45) is -1.11. The number of carbonyl (C=O) groups is 1. The van der Waals surface area contributed by atoms with E-state index in [1.807, 2.05) is 44.4 Å². The Morgan fingerprint density at radius 3 is 2.33 bits per heavy atom. The Balaban J connectivity index is 1.83. The molecule has 1 atom stereocenters. The molecule has 1 aromatic heterocycles. The van der Waals surface area contributed by atoms with Gasteiger partial charge in [-0.15, -0.1) is 0 Å². The molecule has 4 rings (SSSR count). The second-order valence-electron chi connectivity index (χ2n) is 8.74. The molecule has 0 bridgehead atoms. The third-order valence-electron chi connectivity index (χ3n) is 6.61. The standard InChI is InChI=1S/C25H25F4N3O/c1-32(2)24(12-6-7-13-24)22(16-8-4-3-5-9-16)31-23(33)19-15-21(25(27,28)29)30-20-11-10-17(26)14-18(19)20/h3-5,8-11,14-15,22H,6-7,12-13H2,1-2H3,(H,31,33). The number of carbonyl (C=O) groups excluding carboxylic acids is 1. The van der Waals surface area contributed by atoms with E-state index in [4.69, 9.17) is 0 Å². The van der Waals surface area contributed by atoms with Gasteiger partial charge >= 0.3 is 6.18 Å². The van der Waals surface area contributed by atoms with E-state index in [2.05, 4.69) is 15.2 Å². The third kappa shape index (κ3) is 4.44. The first-order valence-corrected chi connectivity index (χ1v) is 10.8. The average molecular weight is 459 g/mol. The van der Waals surface area contributed by atoms with Crippen molar-refractivity contribution in [3.8, 4) is 0 Å². The number of fused-ring (bicyclic) bond motifs is 1. The number of benzene rings is 2. The smallest absolute Gasteiger partial charge is 0.343 e. The quantitative estimate of drug-likeness (QED) is 0.495. The van der Waals surface area contributed by atoms with Gasteiger partial charge in [0.15, 0.2) is 0 Å². The van der Waals surface area contributed by atoms with Gasteiger partial charge in [-0.25, -0.2) is 9.37 Å². The van der Waals surface area contributed by atoms with Gasteiger partial charge in [-0.1, -0.05) is 43.2 Å². The molecule has 1 N–H and O–H groups in total. The van der Waals surface area contributed by atoms with Crippen LogP contribution in [0.3, 0.4) is 0 Å². The highest BCUT2D eigenvalue weighted by Gasteiger charge is 2.45. The highest BCUT2D eigenvalue weighted by Crippen LogP contribution is 2.43. The summed E-state index contributed by atoms with van der Waals surface area (Å²) in [5, 5.41) is 3.05. The van der Waals surface area contributed by atoms with Gasteiger partial charge in [0.2, 0.25) is 0 Å². The van der Waals surface area contributed by atoms with Crippen LogP contribution in [0.2, 0.25) is 0 Å². The second kappa shape index (κ2) is 8.74. The SMILES string of the molecule is CN(C)C1(C(NC(=O)c2cc(C(F)(F)F)nc3ccc(F)cc23)c2ccccc2)CCCC1. The molecule has 33 heavy (non-hydrogen) atoms. The fraction of sp³-hybridized carbons (Fsp3) is 0.360. The van der Waals surface area contributed by atoms with Crippen LogP contribution in [0.25, 0.3) is 10.9 Å². The minimum Gasteiger partial charge on any atom is -0.343 e. The number of halogens is 4. The van der Waals surface area contributed by atoms with E-state index in [0.717, 1.165) is 49.4 Å². The van der Waals surface area contributed by atoms with Crippen LogP contribution in [-0.4, -0.2) is 35.4 Å². The number of hydrogen-bond donors (Lipinski definition) is 1. The molecule has 1 fully saturated rings. The van der Waals surface area contributed by atoms with Gasteiger partial charge in [0.25, 0.3) is 5.91 Å². The van der Waals surface area contributed by atoms with Crippen LogP contribution < -0.4 is 5.32 Å². The predicted octanol–water partition coefficient (Wildman–Crippen LogP) is 5.74. The summed E-state index contributed by atoms with van der Waals surface area (Å²) < 4.78 is 54.5. The van der Waals surface area contributed by atoms with Gasteiger partial charge in [0.1, 0.15) is 11.5 Å². The molecule has 1 amide bonds. The molecule has 8 heteroatoms. The van der Waals surface area contributed by atoms with E-state index < -0.39 is 35.2 Å². The minimum atomic E-state index is -4.74. The Bertz CT molecular complexity index is 1160. The predicted molar refractivity (Wildman–Crippen MR) is 118 cm³/mol. The van der Waals surface area contributed by atoms with Crippen molar-refractivity contribution in [1.82, 2.24) is 15.2 Å². The largest absolute Gasteiger partial charge is 0.433 e. The summed E-state index contributed by atoms with van der Waals surface area (Å²) in [5.41, 5.74) is -1.05. The van der Waals surface area contributed by atoms with E-state index in [1.165, 1.54) is 0 Å². The first kappa shape index (κ1) is 23.2. The highest BCUT2D eigenvalue weighted by molar-refractivity contribution is 6.06. The monoisotopic (exact) mass is 459 g/mol. The lowest BCUT2D eigenvalue weighted by molar-refractivity contribution is -0.140. The van der Waals surface area contributed by atoms with Crippen molar-refractivity contribution in [2.75, 3.05) is 14.1 Å². The number of amides is 1. The highest BCUT2D eigenvalue weighted by atomic mass is 19.4. The summed E-state index contributed by atoms with van der Waals surface area (Å²) in [4.78, 5) is 19.2. The lowest BCUT2D eigenvalue weighted by atomic mass is 9.82. The number of rotatable bonds is 5. The maximum absolute atomic E-state index is 14.0. The zero-order valence-electron chi connectivity index (χ0n) is 18.4. The molecule has 1 unspecified atom stereocenters. The Morgan fingerprint density at radius 2 is 1.73 bits per heavy atom. The molecule has 1 aliphatic rings. The van der Waals surface area contributed by atoms with Gasteiger partial charge < -0.3 is 10.2 Å². The summed E-state index contributed by atoms with van der Waals surface area (Å²) in [7, 11) is 3.90. The van der Waals surface area contributed by atoms with Crippen molar-refractivity contribution in [2.24, 2.45) is 0 Å². The number of nitrogens with one attached hydrogen (secondary N) is 1. The molecule has 1 heterocycles. The van der Waals surface area contributed by atoms with Gasteiger partial charge in [-0.3, -0.25) is 4.79 Å². The van der Waals surface area contributed by atoms with Crippen LogP contribution in [0.1, 0.15) is 53.3 Å². The number of alkyl halides is 3. The molecule has 0 radical (unpaired) electrons. The molecule has 174 valence electrons. The number of pyridine rings is 1. The Morgan fingerprint density at radius 1 is 1.06 bits per heavy atom. The lowest BCUT2D eigenvalue weighted by Gasteiger charge is -2.44. The lowest BCUT2D eigenvalue weighted by Crippen LogP contribution is -2.53. The summed E-state index contributed by atoms with van der Waals surface area (Å²) in [6.45, 7) is 0. The fourth-order valence-electron chi connectivity index (χ4n) is 4.89. The van der Waals surface area contributed by atoms with Crippen molar-refractivity contribution in [2.45, 2.75) is 43.4 Å². The van der Waals surface area contributed by atoms with Crippen molar-refractivity contribution in [3.63, 3.8) is 0 Å². The summed E-state index contributed by atoms with van der Waals surface area (Å²) in [6, 6.07) is 12.9. The van der Waals surface area contributed by atoms with E-state index in [-0.39, 0.29) is 16.5 Å². The van der Waals surface area contributed by atoms with Crippen LogP contribution in [0.5, 0.6) is 0 Å². The first-order valence-electron chi connectivity index (χ1n) is 10.8. The van der Waals surface area contributed by atoms with Crippen molar-refractivity contribution < 1.29 is 22.4 Å². The molecule has 1 aliphatic carbocycles. The average Bonchev–Trinajstić information content (AvgIpc) is 3.27. The molecule has 0 saturated heterocycles. The van der Waals surface area contributed by atoms with Gasteiger partial charge in [-0.05, 0) is 56.8 Å². The summed E-state index contributed by atoms with van der Waals surface area (Å²) in [5.74, 6) is -1.35. The Hall–Kier alpha value is -3.00. The molecule has 1 saturated carbocycles. The Labute approximate surface area is 189 Å². The van der Waals surface area contributed by atoms with Crippen molar-refractivity contribution >= 4 is 16.8 Å². The van der Waals surface area contributed by atoms with Gasteiger partial charge in [-0.2, -0.15) is 13.2 Å². The normalized spacial score (nSPS) is 16.8. The molecule has 0 aliphatic heterocycles. The van der Waals surface area contributed by atoms with Crippen LogP contribution >= 0.6 is 0 Å². The molecular weight excluding hydrogens is 434 g/mol. The van der Waals surface area contributed by atoms with E-state index >= 15 is 0 Å².